The van der Waals surface area contributed by atoms with Crippen LogP contribution in [0.1, 0.15) is 15.9 Å². The highest BCUT2D eigenvalue weighted by Gasteiger charge is 2.27. The molecule has 0 N–H and O–H groups in total. The second kappa shape index (κ2) is 5.26. The molecule has 2 heterocycles. The highest BCUT2D eigenvalue weighted by atomic mass is 32.1. The summed E-state index contributed by atoms with van der Waals surface area (Å²) < 4.78 is 0. The molecule has 1 nitrogen and oxygen atoms in total. The van der Waals surface area contributed by atoms with Gasteiger partial charge in [0.1, 0.15) is 0 Å². The van der Waals surface area contributed by atoms with E-state index in [2.05, 4.69) is 47.2 Å². The van der Waals surface area contributed by atoms with E-state index in [4.69, 9.17) is 0 Å². The lowest BCUT2D eigenvalue weighted by molar-refractivity contribution is 0.104. The average Bonchev–Trinajstić information content (AvgIpc) is 3.36. The number of benzene rings is 2. The highest BCUT2D eigenvalue weighted by Crippen LogP contribution is 2.41. The zero-order chi connectivity index (χ0) is 16.1. The van der Waals surface area contributed by atoms with Gasteiger partial charge in [-0.15, -0.1) is 22.7 Å². The fraction of sp³-hybridized carbons (Fsp3) is 0. The number of rotatable bonds is 2. The topological polar surface area (TPSA) is 17.1 Å². The Hall–Kier alpha value is -2.49. The van der Waals surface area contributed by atoms with Crippen molar-refractivity contribution in [2.75, 3.05) is 0 Å². The quantitative estimate of drug-likeness (QED) is 0.364. The fourth-order valence-electron chi connectivity index (χ4n) is 3.27. The molecule has 0 unspecified atom stereocenters. The molecule has 0 bridgehead atoms. The first-order valence-corrected chi connectivity index (χ1v) is 9.48. The lowest BCUT2D eigenvalue weighted by Crippen LogP contribution is -1.95. The van der Waals surface area contributed by atoms with E-state index >= 15 is 0 Å². The Morgan fingerprint density at radius 3 is 1.50 bits per heavy atom. The van der Waals surface area contributed by atoms with Gasteiger partial charge in [-0.3, -0.25) is 4.79 Å². The molecule has 5 rings (SSSR count). The molecule has 0 spiro atoms. The number of carbonyl (C=O) groups excluding carboxylic acids is 1. The summed E-state index contributed by atoms with van der Waals surface area (Å²) in [5.74, 6) is 0.136. The molecule has 3 heteroatoms. The van der Waals surface area contributed by atoms with Crippen LogP contribution in [0.2, 0.25) is 0 Å². The number of hydrogen-bond donors (Lipinski definition) is 0. The van der Waals surface area contributed by atoms with Gasteiger partial charge in [0.05, 0.1) is 0 Å². The predicted molar refractivity (Wildman–Crippen MR) is 102 cm³/mol. The van der Waals surface area contributed by atoms with Crippen LogP contribution >= 0.6 is 22.7 Å². The molecule has 4 aromatic rings. The minimum atomic E-state index is 0.136. The highest BCUT2D eigenvalue weighted by molar-refractivity contribution is 7.13. The molecule has 2 aromatic heterocycles. The van der Waals surface area contributed by atoms with E-state index in [0.29, 0.717) is 0 Å². The molecule has 114 valence electrons. The molecule has 0 aliphatic heterocycles. The van der Waals surface area contributed by atoms with Gasteiger partial charge in [0.2, 0.25) is 0 Å². The van der Waals surface area contributed by atoms with E-state index in [1.54, 1.807) is 22.7 Å². The molecule has 0 saturated heterocycles. The Balaban J connectivity index is 1.64. The van der Waals surface area contributed by atoms with Crippen molar-refractivity contribution < 1.29 is 4.79 Å². The van der Waals surface area contributed by atoms with Crippen molar-refractivity contribution in [3.8, 4) is 32.0 Å². The number of hydrogen-bond acceptors (Lipinski definition) is 3. The van der Waals surface area contributed by atoms with E-state index in [-0.39, 0.29) is 5.78 Å². The number of carbonyl (C=O) groups is 1. The monoisotopic (exact) mass is 344 g/mol. The van der Waals surface area contributed by atoms with Crippen molar-refractivity contribution >= 4 is 28.5 Å². The fourth-order valence-corrected chi connectivity index (χ4v) is 4.72. The summed E-state index contributed by atoms with van der Waals surface area (Å²) in [6, 6.07) is 20.7. The van der Waals surface area contributed by atoms with Crippen LogP contribution in [-0.2, 0) is 0 Å². The number of ketones is 1. The number of fused-ring (bicyclic) bond motifs is 3. The standard InChI is InChI=1S/C21H12OS2/c22-21-17-11-13(19-3-1-9-23-19)5-7-15(17)16-8-6-14(12-18(16)21)20-4-2-10-24-20/h1-12H. The first-order chi connectivity index (χ1) is 11.8. The van der Waals surface area contributed by atoms with Crippen LogP contribution in [0.15, 0.2) is 71.4 Å². The second-order valence-electron chi connectivity index (χ2n) is 5.80. The van der Waals surface area contributed by atoms with Crippen LogP contribution in [0.25, 0.3) is 32.0 Å². The third kappa shape index (κ3) is 2.02. The first kappa shape index (κ1) is 13.9. The van der Waals surface area contributed by atoms with E-state index in [9.17, 15) is 4.79 Å². The maximum atomic E-state index is 12.9. The second-order valence-corrected chi connectivity index (χ2v) is 7.70. The van der Waals surface area contributed by atoms with Gasteiger partial charge in [-0.05, 0) is 57.3 Å². The van der Waals surface area contributed by atoms with Crippen LogP contribution in [-0.4, -0.2) is 5.78 Å². The van der Waals surface area contributed by atoms with Crippen molar-refractivity contribution in [1.82, 2.24) is 0 Å². The Bertz CT molecular complexity index is 972. The first-order valence-electron chi connectivity index (χ1n) is 7.72. The van der Waals surface area contributed by atoms with Gasteiger partial charge in [0, 0.05) is 20.9 Å². The Labute approximate surface area is 147 Å². The molecule has 0 fully saturated rings. The molecule has 0 radical (unpaired) electrons. The van der Waals surface area contributed by atoms with Crippen molar-refractivity contribution in [3.05, 3.63) is 82.6 Å². The normalized spacial score (nSPS) is 12.2. The lowest BCUT2D eigenvalue weighted by Gasteiger charge is -2.03. The summed E-state index contributed by atoms with van der Waals surface area (Å²) >= 11 is 3.39. The van der Waals surface area contributed by atoms with Gasteiger partial charge in [-0.25, -0.2) is 0 Å². The molecule has 24 heavy (non-hydrogen) atoms. The van der Waals surface area contributed by atoms with E-state index in [1.807, 2.05) is 24.3 Å². The summed E-state index contributed by atoms with van der Waals surface area (Å²) in [7, 11) is 0. The minimum absolute atomic E-state index is 0.136. The Kier molecular flexibility index (Phi) is 3.05. The zero-order valence-corrected chi connectivity index (χ0v) is 14.3. The van der Waals surface area contributed by atoms with E-state index < -0.39 is 0 Å². The van der Waals surface area contributed by atoms with Crippen LogP contribution in [0, 0.1) is 0 Å². The summed E-state index contributed by atoms with van der Waals surface area (Å²) in [6.45, 7) is 0. The molecule has 0 amide bonds. The summed E-state index contributed by atoms with van der Waals surface area (Å²) in [5.41, 5.74) is 5.96. The van der Waals surface area contributed by atoms with Crippen LogP contribution in [0.5, 0.6) is 0 Å². The predicted octanol–water partition coefficient (Wildman–Crippen LogP) is 6.36. The van der Waals surface area contributed by atoms with Gasteiger partial charge in [0.15, 0.2) is 5.78 Å². The third-order valence-corrected chi connectivity index (χ3v) is 6.27. The SMILES string of the molecule is O=C1c2cc(-c3cccs3)ccc2-c2ccc(-c3cccs3)cc21. The van der Waals surface area contributed by atoms with Crippen LogP contribution < -0.4 is 0 Å². The number of thiophene rings is 2. The zero-order valence-electron chi connectivity index (χ0n) is 12.7. The average molecular weight is 344 g/mol. The van der Waals surface area contributed by atoms with Crippen LogP contribution in [0.3, 0.4) is 0 Å². The van der Waals surface area contributed by atoms with Gasteiger partial charge in [-0.2, -0.15) is 0 Å². The van der Waals surface area contributed by atoms with Crippen molar-refractivity contribution in [2.24, 2.45) is 0 Å². The van der Waals surface area contributed by atoms with Gasteiger partial charge >= 0.3 is 0 Å². The molecule has 1 aliphatic carbocycles. The van der Waals surface area contributed by atoms with Crippen LogP contribution in [0.4, 0.5) is 0 Å². The molecule has 2 aromatic carbocycles. The maximum absolute atomic E-state index is 12.9. The molecule has 0 atom stereocenters. The smallest absolute Gasteiger partial charge is 0.194 e. The van der Waals surface area contributed by atoms with Crippen molar-refractivity contribution in [3.63, 3.8) is 0 Å². The maximum Gasteiger partial charge on any atom is 0.194 e. The Morgan fingerprint density at radius 2 is 1.08 bits per heavy atom. The van der Waals surface area contributed by atoms with Gasteiger partial charge in [0.25, 0.3) is 0 Å². The lowest BCUT2D eigenvalue weighted by atomic mass is 10.0. The molecular weight excluding hydrogens is 332 g/mol. The van der Waals surface area contributed by atoms with Crippen molar-refractivity contribution in [2.45, 2.75) is 0 Å². The van der Waals surface area contributed by atoms with Gasteiger partial charge < -0.3 is 0 Å². The third-order valence-electron chi connectivity index (χ3n) is 4.43. The molecule has 1 aliphatic rings. The minimum Gasteiger partial charge on any atom is -0.289 e. The molecular formula is C21H12OS2. The van der Waals surface area contributed by atoms with E-state index in [1.165, 1.54) is 9.75 Å². The summed E-state index contributed by atoms with van der Waals surface area (Å²) in [6.07, 6.45) is 0. The summed E-state index contributed by atoms with van der Waals surface area (Å²) in [4.78, 5) is 15.3. The van der Waals surface area contributed by atoms with Crippen molar-refractivity contribution in [1.29, 1.82) is 0 Å². The Morgan fingerprint density at radius 1 is 0.583 bits per heavy atom. The van der Waals surface area contributed by atoms with E-state index in [0.717, 1.165) is 33.4 Å². The van der Waals surface area contributed by atoms with Gasteiger partial charge in [-0.1, -0.05) is 36.4 Å². The summed E-state index contributed by atoms with van der Waals surface area (Å²) in [5, 5.41) is 4.12. The largest absolute Gasteiger partial charge is 0.289 e. The molecule has 0 saturated carbocycles.